The van der Waals surface area contributed by atoms with Crippen LogP contribution in [-0.4, -0.2) is 124 Å². The van der Waals surface area contributed by atoms with Crippen LogP contribution in [0.5, 0.6) is 0 Å². The molecule has 2 fully saturated rings. The molecule has 0 aliphatic carbocycles. The summed E-state index contributed by atoms with van der Waals surface area (Å²) in [6.45, 7) is -1.23. The molecule has 2 saturated heterocycles. The van der Waals surface area contributed by atoms with E-state index >= 15 is 0 Å². The fraction of sp³-hybridized carbons (Fsp3) is 0.552. The van der Waals surface area contributed by atoms with E-state index in [0.717, 1.165) is 0 Å². The summed E-state index contributed by atoms with van der Waals surface area (Å²) in [7, 11) is 0. The highest BCUT2D eigenvalue weighted by molar-refractivity contribution is 6.08. The third kappa shape index (κ3) is 8.17. The van der Waals surface area contributed by atoms with Crippen molar-refractivity contribution in [3.63, 3.8) is 0 Å². The Morgan fingerprint density at radius 2 is 1.45 bits per heavy atom. The zero-order valence-corrected chi connectivity index (χ0v) is 23.7. The average molecular weight is 620 g/mol. The largest absolute Gasteiger partial charge is 0.394 e. The number of carbonyl (C=O) groups is 1. The van der Waals surface area contributed by atoms with Crippen molar-refractivity contribution in [2.45, 2.75) is 74.4 Å². The first-order valence-electron chi connectivity index (χ1n) is 14.1. The van der Waals surface area contributed by atoms with Crippen LogP contribution < -0.4 is 0 Å². The first kappa shape index (κ1) is 33.9. The van der Waals surface area contributed by atoms with E-state index in [-0.39, 0.29) is 25.5 Å². The van der Waals surface area contributed by atoms with E-state index in [1.165, 1.54) is 0 Å². The molecular weight excluding hydrogens is 582 g/mol. The highest BCUT2D eigenvalue weighted by Crippen LogP contribution is 2.31. The predicted octanol–water partition coefficient (Wildman–Crippen LogP) is -0.217. The zero-order chi connectivity index (χ0) is 31.6. The molecule has 0 bridgehead atoms. The van der Waals surface area contributed by atoms with Crippen LogP contribution in [0.25, 0.3) is 10.4 Å². The Hall–Kier alpha value is -3.02. The molecule has 4 rings (SSSR count). The second-order valence-corrected chi connectivity index (χ2v) is 10.4. The number of aliphatic hydroxyl groups excluding tert-OH is 6. The number of ether oxygens (including phenoxy) is 5. The highest BCUT2D eigenvalue weighted by Gasteiger charge is 2.51. The number of hydrogen-bond acceptors (Lipinski definition) is 13. The van der Waals surface area contributed by atoms with Crippen LogP contribution in [0.3, 0.4) is 0 Å². The number of carbonyl (C=O) groups excluding carboxylic acids is 1. The number of nitrogens with zero attached hydrogens (tertiary/aromatic N) is 3. The maximum atomic E-state index is 12.7. The molecule has 15 heteroatoms. The first-order valence-corrected chi connectivity index (χ1v) is 14.1. The first-order chi connectivity index (χ1) is 21.3. The van der Waals surface area contributed by atoms with Gasteiger partial charge in [0.25, 0.3) is 0 Å². The van der Waals surface area contributed by atoms with Crippen LogP contribution in [0.2, 0.25) is 0 Å². The summed E-state index contributed by atoms with van der Waals surface area (Å²) in [4.78, 5) is 15.3. The summed E-state index contributed by atoms with van der Waals surface area (Å²) >= 11 is 0. The second kappa shape index (κ2) is 16.3. The van der Waals surface area contributed by atoms with Crippen molar-refractivity contribution in [2.75, 3.05) is 26.4 Å². The standard InChI is InChI=1S/C29H37N3O12/c30-32-31-11-4-12-40-28-24(38)23(37)26(20(14-34)43-28)44-29-25(39)27(22(36)19(13-33)42-29)41-15-16-7-9-18(10-8-16)21(35)17-5-2-1-3-6-17/h1-3,5-10,19-20,22-29,33-34,36-39H,4,11-15H2/t19-,20-,22+,23-,24-,25-,26-,27+,28-,29+/m1/s1. The molecule has 0 spiro atoms. The molecule has 2 heterocycles. The van der Waals surface area contributed by atoms with Gasteiger partial charge < -0.3 is 54.3 Å². The van der Waals surface area contributed by atoms with Crippen molar-refractivity contribution in [1.82, 2.24) is 0 Å². The van der Waals surface area contributed by atoms with Crippen molar-refractivity contribution in [1.29, 1.82) is 0 Å². The van der Waals surface area contributed by atoms with Gasteiger partial charge >= 0.3 is 0 Å². The minimum absolute atomic E-state index is 0.0305. The Morgan fingerprint density at radius 3 is 2.11 bits per heavy atom. The lowest BCUT2D eigenvalue weighted by Crippen LogP contribution is -2.65. The number of ketones is 1. The molecule has 6 N–H and O–H groups in total. The summed E-state index contributed by atoms with van der Waals surface area (Å²) in [5, 5.41) is 66.2. The molecule has 2 aliphatic heterocycles. The van der Waals surface area contributed by atoms with Crippen molar-refractivity contribution in [2.24, 2.45) is 5.11 Å². The molecule has 0 saturated carbocycles. The molecule has 0 unspecified atom stereocenters. The average Bonchev–Trinajstić information content (AvgIpc) is 3.05. The number of benzene rings is 2. The molecule has 2 aromatic rings. The molecule has 2 aliphatic rings. The van der Waals surface area contributed by atoms with Crippen molar-refractivity contribution < 1.29 is 59.1 Å². The van der Waals surface area contributed by atoms with E-state index in [1.807, 2.05) is 6.07 Å². The molecule has 15 nitrogen and oxygen atoms in total. The predicted molar refractivity (Wildman–Crippen MR) is 150 cm³/mol. The van der Waals surface area contributed by atoms with Gasteiger partial charge in [-0.1, -0.05) is 59.7 Å². The fourth-order valence-corrected chi connectivity index (χ4v) is 4.96. The summed E-state index contributed by atoms with van der Waals surface area (Å²) in [5.41, 5.74) is 9.99. The van der Waals surface area contributed by atoms with Gasteiger partial charge in [-0.3, -0.25) is 4.79 Å². The number of hydrogen-bond donors (Lipinski definition) is 6. The molecule has 0 aromatic heterocycles. The van der Waals surface area contributed by atoms with Crippen molar-refractivity contribution in [3.8, 4) is 0 Å². The van der Waals surface area contributed by atoms with Crippen LogP contribution in [0.15, 0.2) is 59.7 Å². The molecule has 44 heavy (non-hydrogen) atoms. The number of aliphatic hydroxyl groups is 6. The molecular formula is C29H37N3O12. The Labute approximate surface area is 252 Å². The zero-order valence-electron chi connectivity index (χ0n) is 23.7. The molecule has 2 aromatic carbocycles. The van der Waals surface area contributed by atoms with Gasteiger partial charge in [-0.15, -0.1) is 0 Å². The Bertz CT molecular complexity index is 1230. The third-order valence-electron chi connectivity index (χ3n) is 7.38. The highest BCUT2D eigenvalue weighted by atomic mass is 16.7. The van der Waals surface area contributed by atoms with E-state index in [0.29, 0.717) is 23.1 Å². The lowest BCUT2D eigenvalue weighted by molar-refractivity contribution is -0.362. The number of rotatable bonds is 14. The van der Waals surface area contributed by atoms with Crippen molar-refractivity contribution >= 4 is 5.78 Å². The van der Waals surface area contributed by atoms with Crippen LogP contribution in [0.4, 0.5) is 0 Å². The lowest BCUT2D eigenvalue weighted by atomic mass is 9.96. The fourth-order valence-electron chi connectivity index (χ4n) is 4.96. The van der Waals surface area contributed by atoms with Crippen molar-refractivity contribution in [3.05, 3.63) is 81.7 Å². The third-order valence-corrected chi connectivity index (χ3v) is 7.38. The van der Waals surface area contributed by atoms with Crippen LogP contribution in [0, 0.1) is 0 Å². The smallest absolute Gasteiger partial charge is 0.193 e. The Balaban J connectivity index is 1.39. The van der Waals surface area contributed by atoms with Gasteiger partial charge in [0, 0.05) is 29.2 Å². The summed E-state index contributed by atoms with van der Waals surface area (Å²) < 4.78 is 28.1. The van der Waals surface area contributed by atoms with E-state index in [4.69, 9.17) is 29.2 Å². The quantitative estimate of drug-likeness (QED) is 0.0530. The topological polar surface area (TPSA) is 233 Å². The van der Waals surface area contributed by atoms with Gasteiger partial charge in [0.05, 0.1) is 19.8 Å². The minimum Gasteiger partial charge on any atom is -0.394 e. The number of azide groups is 1. The van der Waals surface area contributed by atoms with Crippen LogP contribution >= 0.6 is 0 Å². The summed E-state index contributed by atoms with van der Waals surface area (Å²) in [6.07, 6.45) is -14.2. The maximum Gasteiger partial charge on any atom is 0.193 e. The molecule has 0 amide bonds. The Kier molecular flexibility index (Phi) is 12.6. The van der Waals surface area contributed by atoms with Gasteiger partial charge in [-0.2, -0.15) is 0 Å². The Morgan fingerprint density at radius 1 is 0.795 bits per heavy atom. The SMILES string of the molecule is [N-]=[N+]=NCCCO[C@@H]1O[C@H](CO)[C@@H](O[C@@H]2O[C@H](CO)[C@H](O)[C@H](OCc3ccc(C(=O)c4ccccc4)cc3)[C@H]2O)[C@H](O)[C@H]1O. The molecule has 10 atom stereocenters. The van der Waals surface area contributed by atoms with Gasteiger partial charge in [0.15, 0.2) is 18.4 Å². The van der Waals surface area contributed by atoms with Crippen LogP contribution in [0.1, 0.15) is 27.9 Å². The van der Waals surface area contributed by atoms with E-state index < -0.39 is 74.6 Å². The van der Waals surface area contributed by atoms with Gasteiger partial charge in [-0.25, -0.2) is 0 Å². The second-order valence-electron chi connectivity index (χ2n) is 10.4. The maximum absolute atomic E-state index is 12.7. The van der Waals surface area contributed by atoms with Gasteiger partial charge in [-0.05, 0) is 17.5 Å². The van der Waals surface area contributed by atoms with E-state index in [1.54, 1.807) is 48.5 Å². The van der Waals surface area contributed by atoms with Crippen LogP contribution in [-0.2, 0) is 30.3 Å². The minimum atomic E-state index is -1.66. The monoisotopic (exact) mass is 619 g/mol. The van der Waals surface area contributed by atoms with Gasteiger partial charge in [0.1, 0.15) is 48.8 Å². The van der Waals surface area contributed by atoms with Gasteiger partial charge in [0.2, 0.25) is 0 Å². The normalized spacial score (nSPS) is 32.1. The molecule has 0 radical (unpaired) electrons. The lowest BCUT2D eigenvalue weighted by Gasteiger charge is -2.46. The van der Waals surface area contributed by atoms with E-state index in [9.17, 15) is 35.4 Å². The summed E-state index contributed by atoms with van der Waals surface area (Å²) in [6, 6.07) is 15.4. The summed E-state index contributed by atoms with van der Waals surface area (Å²) in [5.74, 6) is -0.150. The van der Waals surface area contributed by atoms with E-state index in [2.05, 4.69) is 10.0 Å². The molecule has 240 valence electrons.